The molecule has 0 bridgehead atoms. The van der Waals surface area contributed by atoms with Gasteiger partial charge < -0.3 is 15.2 Å². The van der Waals surface area contributed by atoms with Crippen LogP contribution in [0.5, 0.6) is 5.75 Å². The maximum atomic E-state index is 11.8. The second-order valence-electron chi connectivity index (χ2n) is 4.67. The molecule has 2 heterocycles. The molecule has 1 aliphatic heterocycles. The van der Waals surface area contributed by atoms with Crippen molar-refractivity contribution in [2.24, 2.45) is 5.73 Å². The van der Waals surface area contributed by atoms with Crippen LogP contribution in [0, 0.1) is 0 Å². The fraction of sp³-hybridized carbons (Fsp3) is 0.692. The summed E-state index contributed by atoms with van der Waals surface area (Å²) in [6.07, 6.45) is 6.09. The second kappa shape index (κ2) is 7.25. The molecule has 6 nitrogen and oxygen atoms in total. The quantitative estimate of drug-likeness (QED) is 0.780. The van der Waals surface area contributed by atoms with Gasteiger partial charge in [0.2, 0.25) is 0 Å². The molecule has 6 heteroatoms. The number of nitrogens with zero attached hydrogens (tertiary/aromatic N) is 2. The lowest BCUT2D eigenvalue weighted by atomic mass is 10.1. The molecule has 1 aromatic heterocycles. The molecule has 2 N–H and O–H groups in total. The van der Waals surface area contributed by atoms with Gasteiger partial charge >= 0.3 is 0 Å². The van der Waals surface area contributed by atoms with Gasteiger partial charge in [0.25, 0.3) is 5.56 Å². The molecular weight excluding hydrogens is 246 g/mol. The highest BCUT2D eigenvalue weighted by molar-refractivity contribution is 5.13. The molecule has 0 aliphatic carbocycles. The van der Waals surface area contributed by atoms with Crippen molar-refractivity contribution in [2.75, 3.05) is 19.8 Å². The molecule has 0 radical (unpaired) electrons. The van der Waals surface area contributed by atoms with Crippen LogP contribution >= 0.6 is 0 Å². The van der Waals surface area contributed by atoms with E-state index in [2.05, 4.69) is 5.10 Å². The average molecular weight is 267 g/mol. The summed E-state index contributed by atoms with van der Waals surface area (Å²) in [5.74, 6) is 0.478. The van der Waals surface area contributed by atoms with Crippen molar-refractivity contribution in [3.63, 3.8) is 0 Å². The lowest BCUT2D eigenvalue weighted by Crippen LogP contribution is -2.23. The number of rotatable bonds is 7. The van der Waals surface area contributed by atoms with E-state index in [-0.39, 0.29) is 5.56 Å². The highest BCUT2D eigenvalue weighted by Crippen LogP contribution is 2.16. The minimum atomic E-state index is -0.137. The van der Waals surface area contributed by atoms with Crippen LogP contribution in [0.25, 0.3) is 0 Å². The molecular formula is C13H21N3O3. The van der Waals surface area contributed by atoms with Crippen LogP contribution in [0.1, 0.15) is 25.7 Å². The van der Waals surface area contributed by atoms with Gasteiger partial charge in [-0.3, -0.25) is 4.79 Å². The predicted octanol–water partition coefficient (Wildman–Crippen LogP) is 0.540. The Morgan fingerprint density at radius 1 is 1.58 bits per heavy atom. The molecule has 1 unspecified atom stereocenters. The van der Waals surface area contributed by atoms with Gasteiger partial charge in [0, 0.05) is 25.8 Å². The SMILES string of the molecule is NCCOc1cnn(CCCC2CCCO2)c(=O)c1. The fourth-order valence-electron chi connectivity index (χ4n) is 2.18. The lowest BCUT2D eigenvalue weighted by Gasteiger charge is -2.10. The molecule has 1 aromatic rings. The predicted molar refractivity (Wildman–Crippen MR) is 71.3 cm³/mol. The molecule has 1 fully saturated rings. The maximum Gasteiger partial charge on any atom is 0.270 e. The zero-order chi connectivity index (χ0) is 13.5. The first-order valence-electron chi connectivity index (χ1n) is 6.81. The molecule has 0 aromatic carbocycles. The Morgan fingerprint density at radius 3 is 3.16 bits per heavy atom. The van der Waals surface area contributed by atoms with Crippen molar-refractivity contribution in [2.45, 2.75) is 38.3 Å². The van der Waals surface area contributed by atoms with Crippen molar-refractivity contribution >= 4 is 0 Å². The third-order valence-corrected chi connectivity index (χ3v) is 3.15. The topological polar surface area (TPSA) is 79.4 Å². The van der Waals surface area contributed by atoms with Crippen molar-refractivity contribution in [3.8, 4) is 5.75 Å². The molecule has 106 valence electrons. The molecule has 19 heavy (non-hydrogen) atoms. The Morgan fingerprint density at radius 2 is 2.47 bits per heavy atom. The summed E-state index contributed by atoms with van der Waals surface area (Å²) >= 11 is 0. The first-order valence-corrected chi connectivity index (χ1v) is 6.81. The standard InChI is InChI=1S/C13H21N3O3/c14-5-8-19-12-9-13(17)16(15-10-12)6-1-3-11-4-2-7-18-11/h9-11H,1-8,14H2. The van der Waals surface area contributed by atoms with Gasteiger partial charge in [-0.25, -0.2) is 4.68 Å². The summed E-state index contributed by atoms with van der Waals surface area (Å²) < 4.78 is 12.3. The van der Waals surface area contributed by atoms with Crippen molar-refractivity contribution in [3.05, 3.63) is 22.6 Å². The first-order chi connectivity index (χ1) is 9.29. The molecule has 0 saturated carbocycles. The zero-order valence-corrected chi connectivity index (χ0v) is 11.1. The van der Waals surface area contributed by atoms with Crippen molar-refractivity contribution in [1.29, 1.82) is 0 Å². The molecule has 1 atom stereocenters. The van der Waals surface area contributed by atoms with Gasteiger partial charge in [-0.2, -0.15) is 5.10 Å². The minimum Gasteiger partial charge on any atom is -0.490 e. The van der Waals surface area contributed by atoms with E-state index in [4.69, 9.17) is 15.2 Å². The Bertz CT molecular complexity index is 441. The van der Waals surface area contributed by atoms with E-state index in [1.54, 1.807) is 6.20 Å². The van der Waals surface area contributed by atoms with E-state index >= 15 is 0 Å². The van der Waals surface area contributed by atoms with Crippen LogP contribution in [-0.4, -0.2) is 35.6 Å². The van der Waals surface area contributed by atoms with Crippen LogP contribution in [0.15, 0.2) is 17.1 Å². The lowest BCUT2D eigenvalue weighted by molar-refractivity contribution is 0.101. The Labute approximate surface area is 112 Å². The molecule has 0 spiro atoms. The number of hydrogen-bond donors (Lipinski definition) is 1. The van der Waals surface area contributed by atoms with Gasteiger partial charge in [0.1, 0.15) is 12.4 Å². The first kappa shape index (κ1) is 14.0. The van der Waals surface area contributed by atoms with Gasteiger partial charge in [-0.05, 0) is 25.7 Å². The third-order valence-electron chi connectivity index (χ3n) is 3.15. The fourth-order valence-corrected chi connectivity index (χ4v) is 2.18. The Kier molecular flexibility index (Phi) is 5.35. The van der Waals surface area contributed by atoms with Gasteiger partial charge in [0.05, 0.1) is 12.3 Å². The summed E-state index contributed by atoms with van der Waals surface area (Å²) in [5.41, 5.74) is 5.19. The molecule has 1 aliphatic rings. The van der Waals surface area contributed by atoms with Crippen LogP contribution in [0.3, 0.4) is 0 Å². The van der Waals surface area contributed by atoms with E-state index in [0.717, 1.165) is 32.3 Å². The van der Waals surface area contributed by atoms with E-state index in [0.29, 0.717) is 31.5 Å². The normalized spacial score (nSPS) is 18.7. The number of hydrogen-bond acceptors (Lipinski definition) is 5. The molecule has 0 amide bonds. The summed E-state index contributed by atoms with van der Waals surface area (Å²) in [5, 5.41) is 4.09. The second-order valence-corrected chi connectivity index (χ2v) is 4.67. The monoisotopic (exact) mass is 267 g/mol. The summed E-state index contributed by atoms with van der Waals surface area (Å²) in [6.45, 7) is 2.31. The number of ether oxygens (including phenoxy) is 2. The van der Waals surface area contributed by atoms with E-state index in [1.165, 1.54) is 10.7 Å². The Hall–Kier alpha value is -1.40. The van der Waals surface area contributed by atoms with Gasteiger partial charge in [0.15, 0.2) is 0 Å². The molecule has 1 saturated heterocycles. The zero-order valence-electron chi connectivity index (χ0n) is 11.1. The van der Waals surface area contributed by atoms with E-state index in [9.17, 15) is 4.79 Å². The van der Waals surface area contributed by atoms with Gasteiger partial charge in [-0.15, -0.1) is 0 Å². The smallest absolute Gasteiger partial charge is 0.270 e. The summed E-state index contributed by atoms with van der Waals surface area (Å²) in [4.78, 5) is 11.8. The average Bonchev–Trinajstić information content (AvgIpc) is 2.92. The Balaban J connectivity index is 1.81. The highest BCUT2D eigenvalue weighted by Gasteiger charge is 2.14. The number of aryl methyl sites for hydroxylation is 1. The van der Waals surface area contributed by atoms with Crippen LogP contribution < -0.4 is 16.0 Å². The van der Waals surface area contributed by atoms with E-state index in [1.807, 2.05) is 0 Å². The van der Waals surface area contributed by atoms with Crippen LogP contribution in [0.4, 0.5) is 0 Å². The largest absolute Gasteiger partial charge is 0.490 e. The van der Waals surface area contributed by atoms with Crippen LogP contribution in [-0.2, 0) is 11.3 Å². The maximum absolute atomic E-state index is 11.8. The van der Waals surface area contributed by atoms with Crippen molar-refractivity contribution in [1.82, 2.24) is 9.78 Å². The van der Waals surface area contributed by atoms with Crippen molar-refractivity contribution < 1.29 is 9.47 Å². The van der Waals surface area contributed by atoms with Gasteiger partial charge in [-0.1, -0.05) is 0 Å². The van der Waals surface area contributed by atoms with Crippen LogP contribution in [0.2, 0.25) is 0 Å². The number of nitrogens with two attached hydrogens (primary N) is 1. The minimum absolute atomic E-state index is 0.137. The summed E-state index contributed by atoms with van der Waals surface area (Å²) in [7, 11) is 0. The van der Waals surface area contributed by atoms with E-state index < -0.39 is 0 Å². The highest BCUT2D eigenvalue weighted by atomic mass is 16.5. The number of aromatic nitrogens is 2. The molecule has 2 rings (SSSR count). The third kappa shape index (κ3) is 4.33. The summed E-state index contributed by atoms with van der Waals surface area (Å²) in [6, 6.07) is 1.45.